The monoisotopic (exact) mass is 316 g/mol. The van der Waals surface area contributed by atoms with Gasteiger partial charge in [-0.05, 0) is 25.7 Å². The first-order valence-corrected chi connectivity index (χ1v) is 10.9. The van der Waals surface area contributed by atoms with Crippen molar-refractivity contribution in [3.8, 4) is 0 Å². The zero-order valence-electron chi connectivity index (χ0n) is 15.6. The van der Waals surface area contributed by atoms with Gasteiger partial charge in [0, 0.05) is 24.2 Å². The molecule has 0 aromatic carbocycles. The van der Waals surface area contributed by atoms with E-state index in [0.717, 1.165) is 25.7 Å². The third-order valence-electron chi connectivity index (χ3n) is 4.30. The number of nitrogens with one attached hydrogen (secondary N) is 4. The third-order valence-corrected chi connectivity index (χ3v) is 8.00. The molecule has 0 aliphatic heterocycles. The van der Waals surface area contributed by atoms with Crippen molar-refractivity contribution in [1.82, 2.24) is 19.9 Å². The van der Waals surface area contributed by atoms with E-state index in [1.54, 1.807) is 0 Å². The van der Waals surface area contributed by atoms with Crippen molar-refractivity contribution in [3.05, 3.63) is 0 Å². The van der Waals surface area contributed by atoms with E-state index in [9.17, 15) is 0 Å². The molecule has 5 heteroatoms. The van der Waals surface area contributed by atoms with Crippen LogP contribution in [0.15, 0.2) is 0 Å². The SMILES string of the molecule is CCC(C)N[Si](NC(C)CC)(NC(C)CC)NC(C)CC. The van der Waals surface area contributed by atoms with Gasteiger partial charge < -0.3 is 0 Å². The van der Waals surface area contributed by atoms with Crippen LogP contribution in [0, 0.1) is 0 Å². The first-order chi connectivity index (χ1) is 9.82. The summed E-state index contributed by atoms with van der Waals surface area (Å²) in [6, 6.07) is 2.00. The fourth-order valence-electron chi connectivity index (χ4n) is 2.14. The summed E-state index contributed by atoms with van der Waals surface area (Å²) in [4.78, 5) is 15.5. The maximum atomic E-state index is 3.88. The standard InChI is InChI=1S/C16H40N4Si/c1-9-13(5)17-21(18-14(6)10-2,19-15(7)11-3)20-16(8)12-4/h13-20H,9-12H2,1-8H3. The van der Waals surface area contributed by atoms with E-state index in [-0.39, 0.29) is 0 Å². The van der Waals surface area contributed by atoms with Crippen LogP contribution in [0.4, 0.5) is 0 Å². The lowest BCUT2D eigenvalue weighted by molar-refractivity contribution is 0.492. The normalized spacial score (nSPS) is 20.6. The Hall–Kier alpha value is 0.0569. The van der Waals surface area contributed by atoms with Crippen molar-refractivity contribution in [2.75, 3.05) is 0 Å². The first-order valence-electron chi connectivity index (χ1n) is 8.93. The molecule has 0 aliphatic carbocycles. The molecule has 0 saturated heterocycles. The zero-order valence-corrected chi connectivity index (χ0v) is 16.6. The molecule has 4 unspecified atom stereocenters. The summed E-state index contributed by atoms with van der Waals surface area (Å²) < 4.78 is 0. The Morgan fingerprint density at radius 3 is 0.857 bits per heavy atom. The molecule has 4 nitrogen and oxygen atoms in total. The lowest BCUT2D eigenvalue weighted by atomic mass is 10.3. The molecular weight excluding hydrogens is 276 g/mol. The predicted octanol–water partition coefficient (Wildman–Crippen LogP) is 2.97. The fourth-order valence-corrected chi connectivity index (χ4v) is 6.41. The maximum Gasteiger partial charge on any atom is 0.366 e. The quantitative estimate of drug-likeness (QED) is 0.418. The second-order valence-electron chi connectivity index (χ2n) is 6.56. The van der Waals surface area contributed by atoms with Crippen LogP contribution in [0.25, 0.3) is 0 Å². The van der Waals surface area contributed by atoms with Gasteiger partial charge in [0.1, 0.15) is 0 Å². The van der Waals surface area contributed by atoms with Gasteiger partial charge in [-0.2, -0.15) is 0 Å². The highest BCUT2D eigenvalue weighted by atomic mass is 28.4. The van der Waals surface area contributed by atoms with Crippen LogP contribution in [-0.2, 0) is 0 Å². The molecule has 4 N–H and O–H groups in total. The Morgan fingerprint density at radius 1 is 0.524 bits per heavy atom. The minimum Gasteiger partial charge on any atom is -0.298 e. The van der Waals surface area contributed by atoms with Gasteiger partial charge in [-0.25, -0.2) is 0 Å². The first kappa shape index (κ1) is 21.1. The molecule has 4 atom stereocenters. The topological polar surface area (TPSA) is 48.1 Å². The van der Waals surface area contributed by atoms with E-state index in [0.29, 0.717) is 24.2 Å². The van der Waals surface area contributed by atoms with Gasteiger partial charge in [0.2, 0.25) is 0 Å². The van der Waals surface area contributed by atoms with Gasteiger partial charge in [0.05, 0.1) is 0 Å². The van der Waals surface area contributed by atoms with E-state index in [1.165, 1.54) is 0 Å². The van der Waals surface area contributed by atoms with E-state index < -0.39 is 8.72 Å². The van der Waals surface area contributed by atoms with Crippen molar-refractivity contribution >= 4 is 8.72 Å². The van der Waals surface area contributed by atoms with Crippen LogP contribution >= 0.6 is 0 Å². The molecule has 0 fully saturated rings. The Balaban J connectivity index is 5.23. The molecule has 0 aromatic rings. The summed E-state index contributed by atoms with van der Waals surface area (Å²) in [6.07, 6.45) is 4.56. The number of hydrogen-bond donors (Lipinski definition) is 4. The van der Waals surface area contributed by atoms with Gasteiger partial charge in [0.15, 0.2) is 0 Å². The largest absolute Gasteiger partial charge is 0.366 e. The highest BCUT2D eigenvalue weighted by molar-refractivity contribution is 6.70. The summed E-state index contributed by atoms with van der Waals surface area (Å²) in [7, 11) is -2.13. The van der Waals surface area contributed by atoms with E-state index in [2.05, 4.69) is 75.3 Å². The molecule has 21 heavy (non-hydrogen) atoms. The Morgan fingerprint density at radius 2 is 0.714 bits per heavy atom. The molecule has 0 spiro atoms. The highest BCUT2D eigenvalue weighted by Gasteiger charge is 2.39. The van der Waals surface area contributed by atoms with E-state index in [4.69, 9.17) is 0 Å². The number of rotatable bonds is 12. The van der Waals surface area contributed by atoms with Crippen molar-refractivity contribution in [2.45, 2.75) is 105 Å². The van der Waals surface area contributed by atoms with Crippen LogP contribution < -0.4 is 19.9 Å². The molecule has 0 rings (SSSR count). The van der Waals surface area contributed by atoms with E-state index in [1.807, 2.05) is 0 Å². The van der Waals surface area contributed by atoms with Crippen molar-refractivity contribution in [1.29, 1.82) is 0 Å². The highest BCUT2D eigenvalue weighted by Crippen LogP contribution is 2.03. The minimum absolute atomic E-state index is 0.501. The molecule has 0 saturated carbocycles. The predicted molar refractivity (Wildman–Crippen MR) is 97.3 cm³/mol. The van der Waals surface area contributed by atoms with Crippen molar-refractivity contribution in [3.63, 3.8) is 0 Å². The van der Waals surface area contributed by atoms with E-state index >= 15 is 0 Å². The van der Waals surface area contributed by atoms with Gasteiger partial charge in [-0.3, -0.25) is 19.9 Å². The minimum atomic E-state index is -2.13. The lowest BCUT2D eigenvalue weighted by Crippen LogP contribution is -2.85. The van der Waals surface area contributed by atoms with Gasteiger partial charge in [-0.15, -0.1) is 0 Å². The van der Waals surface area contributed by atoms with Gasteiger partial charge in [-0.1, -0.05) is 55.4 Å². The van der Waals surface area contributed by atoms with Gasteiger partial charge in [0.25, 0.3) is 0 Å². The van der Waals surface area contributed by atoms with Crippen molar-refractivity contribution < 1.29 is 0 Å². The molecule has 128 valence electrons. The molecular formula is C16H40N4Si. The Labute approximate surface area is 134 Å². The lowest BCUT2D eigenvalue weighted by Gasteiger charge is -2.41. The second-order valence-corrected chi connectivity index (χ2v) is 9.22. The summed E-state index contributed by atoms with van der Waals surface area (Å²) in [5.74, 6) is 0. The summed E-state index contributed by atoms with van der Waals surface area (Å²) >= 11 is 0. The molecule has 0 bridgehead atoms. The molecule has 0 heterocycles. The zero-order chi connectivity index (χ0) is 16.5. The average Bonchev–Trinajstić information content (AvgIpc) is 2.46. The molecule has 0 radical (unpaired) electrons. The summed E-state index contributed by atoms with van der Waals surface area (Å²) in [5, 5.41) is 0. The van der Waals surface area contributed by atoms with Gasteiger partial charge >= 0.3 is 8.72 Å². The van der Waals surface area contributed by atoms with Crippen LogP contribution in [0.3, 0.4) is 0 Å². The average molecular weight is 317 g/mol. The Bertz CT molecular complexity index is 209. The third kappa shape index (κ3) is 8.31. The van der Waals surface area contributed by atoms with Crippen LogP contribution in [0.1, 0.15) is 81.1 Å². The number of hydrogen-bond acceptors (Lipinski definition) is 4. The summed E-state index contributed by atoms with van der Waals surface area (Å²) in [6.45, 7) is 18.1. The smallest absolute Gasteiger partial charge is 0.298 e. The molecule has 0 amide bonds. The second kappa shape index (κ2) is 10.7. The Kier molecular flexibility index (Phi) is 10.8. The van der Waals surface area contributed by atoms with Crippen molar-refractivity contribution in [2.24, 2.45) is 0 Å². The fraction of sp³-hybridized carbons (Fsp3) is 1.00. The van der Waals surface area contributed by atoms with Crippen LogP contribution in [-0.4, -0.2) is 32.9 Å². The van der Waals surface area contributed by atoms with Crippen LogP contribution in [0.2, 0.25) is 0 Å². The maximum absolute atomic E-state index is 3.88. The molecule has 0 aromatic heterocycles. The molecule has 0 aliphatic rings. The van der Waals surface area contributed by atoms with Crippen LogP contribution in [0.5, 0.6) is 0 Å². The summed E-state index contributed by atoms with van der Waals surface area (Å²) in [5.41, 5.74) is 0.